The molecule has 0 bridgehead atoms. The molecule has 19 heavy (non-hydrogen) atoms. The van der Waals surface area contributed by atoms with Crippen molar-refractivity contribution in [3.63, 3.8) is 0 Å². The van der Waals surface area contributed by atoms with E-state index in [1.54, 1.807) is 18.2 Å². The molecule has 1 saturated carbocycles. The predicted molar refractivity (Wildman–Crippen MR) is 72.1 cm³/mol. The molecule has 0 saturated heterocycles. The molecule has 1 amide bonds. The Hall–Kier alpha value is -1.73. The van der Waals surface area contributed by atoms with Crippen molar-refractivity contribution in [3.05, 3.63) is 28.8 Å². The van der Waals surface area contributed by atoms with E-state index >= 15 is 0 Å². The quantitative estimate of drug-likeness (QED) is 0.832. The summed E-state index contributed by atoms with van der Waals surface area (Å²) in [5, 5.41) is 9.34. The van der Waals surface area contributed by atoms with Crippen LogP contribution in [-0.4, -0.2) is 30.0 Å². The average Bonchev–Trinajstić information content (AvgIpc) is 3.22. The fourth-order valence-electron chi connectivity index (χ4n) is 1.98. The van der Waals surface area contributed by atoms with Crippen LogP contribution in [0.3, 0.4) is 0 Å². The van der Waals surface area contributed by atoms with Crippen LogP contribution in [-0.2, 0) is 4.79 Å². The second-order valence-corrected chi connectivity index (χ2v) is 4.83. The minimum absolute atomic E-state index is 0.0473. The van der Waals surface area contributed by atoms with Crippen LogP contribution in [0.2, 0.25) is 5.02 Å². The predicted octanol–water partition coefficient (Wildman–Crippen LogP) is 2.60. The van der Waals surface area contributed by atoms with Crippen molar-refractivity contribution >= 4 is 17.5 Å². The first kappa shape index (κ1) is 13.7. The van der Waals surface area contributed by atoms with Crippen molar-refractivity contribution in [1.82, 2.24) is 4.90 Å². The molecule has 0 unspecified atom stereocenters. The standard InChI is InChI=1S/C14H15ClN2O2/c1-2-17(10-6-7-10)14(18)9-19-13-5-3-4-12(15)11(13)8-16/h3-5,10H,2,6-7,9H2,1H3. The zero-order valence-electron chi connectivity index (χ0n) is 10.7. The van der Waals surface area contributed by atoms with Crippen molar-refractivity contribution < 1.29 is 9.53 Å². The Labute approximate surface area is 117 Å². The lowest BCUT2D eigenvalue weighted by Gasteiger charge is -2.20. The molecular formula is C14H15ClN2O2. The average molecular weight is 279 g/mol. The smallest absolute Gasteiger partial charge is 0.260 e. The number of rotatable bonds is 5. The zero-order chi connectivity index (χ0) is 13.8. The van der Waals surface area contributed by atoms with Gasteiger partial charge in [0.15, 0.2) is 6.61 Å². The van der Waals surface area contributed by atoms with Crippen molar-refractivity contribution in [2.24, 2.45) is 0 Å². The molecule has 1 aromatic carbocycles. The molecule has 1 aliphatic rings. The number of carbonyl (C=O) groups excluding carboxylic acids is 1. The summed E-state index contributed by atoms with van der Waals surface area (Å²) in [6.45, 7) is 2.59. The zero-order valence-corrected chi connectivity index (χ0v) is 11.5. The summed E-state index contributed by atoms with van der Waals surface area (Å²) in [5.74, 6) is 0.309. The van der Waals surface area contributed by atoms with Gasteiger partial charge in [0, 0.05) is 12.6 Å². The molecule has 0 aromatic heterocycles. The monoisotopic (exact) mass is 278 g/mol. The topological polar surface area (TPSA) is 53.3 Å². The number of likely N-dealkylation sites (N-methyl/N-ethyl adjacent to an activating group) is 1. The largest absolute Gasteiger partial charge is 0.482 e. The third-order valence-corrected chi connectivity index (χ3v) is 3.40. The Kier molecular flexibility index (Phi) is 4.28. The van der Waals surface area contributed by atoms with E-state index in [-0.39, 0.29) is 18.1 Å². The van der Waals surface area contributed by atoms with Crippen LogP contribution in [0.5, 0.6) is 5.75 Å². The van der Waals surface area contributed by atoms with Crippen LogP contribution in [0, 0.1) is 11.3 Å². The summed E-state index contributed by atoms with van der Waals surface area (Å²) in [6, 6.07) is 7.32. The minimum Gasteiger partial charge on any atom is -0.482 e. The van der Waals surface area contributed by atoms with Crippen LogP contribution < -0.4 is 4.74 Å². The Morgan fingerprint density at radius 1 is 1.58 bits per heavy atom. The van der Waals surface area contributed by atoms with Gasteiger partial charge in [-0.2, -0.15) is 5.26 Å². The van der Waals surface area contributed by atoms with Gasteiger partial charge in [-0.15, -0.1) is 0 Å². The van der Waals surface area contributed by atoms with E-state index < -0.39 is 0 Å². The first-order valence-corrected chi connectivity index (χ1v) is 6.66. The van der Waals surface area contributed by atoms with Gasteiger partial charge in [-0.25, -0.2) is 0 Å². The van der Waals surface area contributed by atoms with Gasteiger partial charge in [-0.05, 0) is 31.9 Å². The van der Waals surface area contributed by atoms with E-state index in [0.29, 0.717) is 23.4 Å². The summed E-state index contributed by atoms with van der Waals surface area (Å²) < 4.78 is 5.43. The van der Waals surface area contributed by atoms with Crippen molar-refractivity contribution in [1.29, 1.82) is 5.26 Å². The number of nitrogens with zero attached hydrogens (tertiary/aromatic N) is 2. The molecule has 1 fully saturated rings. The summed E-state index contributed by atoms with van der Waals surface area (Å²) in [4.78, 5) is 13.8. The molecule has 2 rings (SSSR count). The summed E-state index contributed by atoms with van der Waals surface area (Å²) in [6.07, 6.45) is 2.14. The number of nitriles is 1. The highest BCUT2D eigenvalue weighted by Crippen LogP contribution is 2.28. The van der Waals surface area contributed by atoms with Crippen molar-refractivity contribution in [3.8, 4) is 11.8 Å². The van der Waals surface area contributed by atoms with E-state index in [2.05, 4.69) is 0 Å². The molecule has 0 spiro atoms. The fraction of sp³-hybridized carbons (Fsp3) is 0.429. The number of hydrogen-bond donors (Lipinski definition) is 0. The van der Waals surface area contributed by atoms with Gasteiger partial charge in [0.25, 0.3) is 5.91 Å². The maximum Gasteiger partial charge on any atom is 0.260 e. The van der Waals surface area contributed by atoms with Gasteiger partial charge in [-0.1, -0.05) is 17.7 Å². The van der Waals surface area contributed by atoms with E-state index in [1.165, 1.54) is 0 Å². The molecule has 1 aromatic rings. The lowest BCUT2D eigenvalue weighted by atomic mass is 10.2. The minimum atomic E-state index is -0.0562. The first-order chi connectivity index (χ1) is 9.17. The van der Waals surface area contributed by atoms with Gasteiger partial charge >= 0.3 is 0 Å². The number of hydrogen-bond acceptors (Lipinski definition) is 3. The van der Waals surface area contributed by atoms with Crippen LogP contribution in [0.1, 0.15) is 25.3 Å². The molecule has 0 aliphatic heterocycles. The number of amides is 1. The highest BCUT2D eigenvalue weighted by atomic mass is 35.5. The van der Waals surface area contributed by atoms with Gasteiger partial charge < -0.3 is 9.64 Å². The van der Waals surface area contributed by atoms with Crippen molar-refractivity contribution in [2.45, 2.75) is 25.8 Å². The van der Waals surface area contributed by atoms with Gasteiger partial charge in [-0.3, -0.25) is 4.79 Å². The van der Waals surface area contributed by atoms with Crippen LogP contribution >= 0.6 is 11.6 Å². The Morgan fingerprint density at radius 2 is 2.32 bits per heavy atom. The molecule has 5 heteroatoms. The van der Waals surface area contributed by atoms with E-state index in [0.717, 1.165) is 12.8 Å². The highest BCUT2D eigenvalue weighted by Gasteiger charge is 2.31. The maximum absolute atomic E-state index is 12.0. The van der Waals surface area contributed by atoms with E-state index in [9.17, 15) is 4.79 Å². The first-order valence-electron chi connectivity index (χ1n) is 6.28. The molecule has 4 nitrogen and oxygen atoms in total. The number of halogens is 1. The molecule has 0 radical (unpaired) electrons. The number of carbonyl (C=O) groups is 1. The van der Waals surface area contributed by atoms with Crippen LogP contribution in [0.25, 0.3) is 0 Å². The second-order valence-electron chi connectivity index (χ2n) is 4.42. The molecule has 0 atom stereocenters. The molecule has 0 N–H and O–H groups in total. The third kappa shape index (κ3) is 3.18. The molecular weight excluding hydrogens is 264 g/mol. The molecule has 1 aliphatic carbocycles. The number of ether oxygens (including phenoxy) is 1. The summed E-state index contributed by atoms with van der Waals surface area (Å²) >= 11 is 5.90. The van der Waals surface area contributed by atoms with E-state index in [1.807, 2.05) is 17.9 Å². The normalized spacial score (nSPS) is 13.7. The Balaban J connectivity index is 2.01. The van der Waals surface area contributed by atoms with Gasteiger partial charge in [0.1, 0.15) is 17.4 Å². The lowest BCUT2D eigenvalue weighted by Crippen LogP contribution is -2.36. The summed E-state index contributed by atoms with van der Waals surface area (Å²) in [5.41, 5.74) is 0.270. The van der Waals surface area contributed by atoms with Crippen molar-refractivity contribution in [2.75, 3.05) is 13.2 Å². The van der Waals surface area contributed by atoms with Gasteiger partial charge in [0.05, 0.1) is 5.02 Å². The fourth-order valence-corrected chi connectivity index (χ4v) is 2.19. The van der Waals surface area contributed by atoms with Crippen LogP contribution in [0.15, 0.2) is 18.2 Å². The Morgan fingerprint density at radius 3 is 2.89 bits per heavy atom. The maximum atomic E-state index is 12.0. The highest BCUT2D eigenvalue weighted by molar-refractivity contribution is 6.31. The molecule has 100 valence electrons. The van der Waals surface area contributed by atoms with E-state index in [4.69, 9.17) is 21.6 Å². The number of benzene rings is 1. The second kappa shape index (κ2) is 5.94. The van der Waals surface area contributed by atoms with Crippen LogP contribution in [0.4, 0.5) is 0 Å². The Bertz CT molecular complexity index is 521. The molecule has 0 heterocycles. The SMILES string of the molecule is CCN(C(=O)COc1cccc(Cl)c1C#N)C1CC1. The third-order valence-electron chi connectivity index (χ3n) is 3.09. The summed E-state index contributed by atoms with van der Waals surface area (Å²) in [7, 11) is 0. The lowest BCUT2D eigenvalue weighted by molar-refractivity contribution is -0.133. The van der Waals surface area contributed by atoms with Gasteiger partial charge in [0.2, 0.25) is 0 Å².